The molecule has 80 valence electrons. The molecule has 0 aliphatic heterocycles. The molecule has 4 nitrogen and oxygen atoms in total. The molecule has 0 spiro atoms. The number of aryl methyl sites for hydroxylation is 2. The highest BCUT2D eigenvalue weighted by Crippen LogP contribution is 2.24. The van der Waals surface area contributed by atoms with Gasteiger partial charge in [0.2, 0.25) is 5.88 Å². The van der Waals surface area contributed by atoms with E-state index in [1.54, 1.807) is 4.68 Å². The standard InChI is InChI=1S/C10H19N3O/c1-5-8-9(11)10(13(4)12-8)14-6-7(2)3/h7H,5-6,11H2,1-4H3. The van der Waals surface area contributed by atoms with E-state index in [0.29, 0.717) is 24.1 Å². The normalized spacial score (nSPS) is 10.9. The second kappa shape index (κ2) is 4.35. The molecule has 0 atom stereocenters. The molecular weight excluding hydrogens is 178 g/mol. The molecule has 0 aromatic carbocycles. The highest BCUT2D eigenvalue weighted by Gasteiger charge is 2.13. The van der Waals surface area contributed by atoms with Crippen molar-refractivity contribution in [3.63, 3.8) is 0 Å². The van der Waals surface area contributed by atoms with E-state index >= 15 is 0 Å². The van der Waals surface area contributed by atoms with Crippen LogP contribution in [-0.2, 0) is 13.5 Å². The van der Waals surface area contributed by atoms with Gasteiger partial charge in [0.1, 0.15) is 5.69 Å². The predicted molar refractivity (Wildman–Crippen MR) is 57.3 cm³/mol. The zero-order valence-corrected chi connectivity index (χ0v) is 9.37. The van der Waals surface area contributed by atoms with Gasteiger partial charge in [0.25, 0.3) is 0 Å². The molecular formula is C10H19N3O. The zero-order valence-electron chi connectivity index (χ0n) is 9.37. The first-order valence-electron chi connectivity index (χ1n) is 5.00. The van der Waals surface area contributed by atoms with Crippen LogP contribution in [0.5, 0.6) is 5.88 Å². The van der Waals surface area contributed by atoms with Gasteiger partial charge in [0.15, 0.2) is 0 Å². The molecule has 14 heavy (non-hydrogen) atoms. The van der Waals surface area contributed by atoms with Crippen LogP contribution in [0, 0.1) is 5.92 Å². The van der Waals surface area contributed by atoms with Gasteiger partial charge >= 0.3 is 0 Å². The van der Waals surface area contributed by atoms with Gasteiger partial charge in [-0.15, -0.1) is 0 Å². The Hall–Kier alpha value is -1.19. The van der Waals surface area contributed by atoms with Gasteiger partial charge in [-0.3, -0.25) is 0 Å². The number of aromatic nitrogens is 2. The average Bonchev–Trinajstić information content (AvgIpc) is 2.39. The maximum absolute atomic E-state index is 5.89. The van der Waals surface area contributed by atoms with Gasteiger partial charge in [0, 0.05) is 7.05 Å². The van der Waals surface area contributed by atoms with E-state index in [2.05, 4.69) is 18.9 Å². The van der Waals surface area contributed by atoms with Crippen molar-refractivity contribution in [2.75, 3.05) is 12.3 Å². The third-order valence-electron chi connectivity index (χ3n) is 1.99. The van der Waals surface area contributed by atoms with Crippen molar-refractivity contribution in [1.82, 2.24) is 9.78 Å². The Morgan fingerprint density at radius 1 is 1.50 bits per heavy atom. The summed E-state index contributed by atoms with van der Waals surface area (Å²) in [6.45, 7) is 6.92. The van der Waals surface area contributed by atoms with Crippen LogP contribution in [0.2, 0.25) is 0 Å². The molecule has 1 rings (SSSR count). The van der Waals surface area contributed by atoms with Crippen LogP contribution in [-0.4, -0.2) is 16.4 Å². The van der Waals surface area contributed by atoms with Crippen LogP contribution in [0.1, 0.15) is 26.5 Å². The van der Waals surface area contributed by atoms with Crippen molar-refractivity contribution < 1.29 is 4.74 Å². The third kappa shape index (κ3) is 2.19. The van der Waals surface area contributed by atoms with E-state index < -0.39 is 0 Å². The number of anilines is 1. The molecule has 0 fully saturated rings. The van der Waals surface area contributed by atoms with Crippen molar-refractivity contribution in [1.29, 1.82) is 0 Å². The Morgan fingerprint density at radius 3 is 2.57 bits per heavy atom. The lowest BCUT2D eigenvalue weighted by Crippen LogP contribution is -2.08. The lowest BCUT2D eigenvalue weighted by Gasteiger charge is -2.08. The number of rotatable bonds is 4. The number of hydrogen-bond donors (Lipinski definition) is 1. The summed E-state index contributed by atoms with van der Waals surface area (Å²) in [5.74, 6) is 1.19. The predicted octanol–water partition coefficient (Wildman–Crippen LogP) is 1.60. The molecule has 2 N–H and O–H groups in total. The number of hydrogen-bond acceptors (Lipinski definition) is 3. The molecule has 0 saturated heterocycles. The van der Waals surface area contributed by atoms with Gasteiger partial charge in [-0.2, -0.15) is 5.10 Å². The van der Waals surface area contributed by atoms with Crippen LogP contribution < -0.4 is 10.5 Å². The minimum Gasteiger partial charge on any atom is -0.476 e. The zero-order chi connectivity index (χ0) is 10.7. The number of nitrogens with zero attached hydrogens (tertiary/aromatic N) is 2. The van der Waals surface area contributed by atoms with E-state index in [4.69, 9.17) is 10.5 Å². The summed E-state index contributed by atoms with van der Waals surface area (Å²) < 4.78 is 7.29. The van der Waals surface area contributed by atoms with Crippen LogP contribution in [0.4, 0.5) is 5.69 Å². The Bertz CT molecular complexity index is 305. The van der Waals surface area contributed by atoms with Crippen LogP contribution in [0.25, 0.3) is 0 Å². The summed E-state index contributed by atoms with van der Waals surface area (Å²) in [6, 6.07) is 0. The highest BCUT2D eigenvalue weighted by atomic mass is 16.5. The molecule has 0 unspecified atom stereocenters. The molecule has 0 amide bonds. The summed E-state index contributed by atoms with van der Waals surface area (Å²) in [7, 11) is 1.85. The molecule has 0 bridgehead atoms. The van der Waals surface area contributed by atoms with Crippen molar-refractivity contribution in [2.24, 2.45) is 13.0 Å². The quantitative estimate of drug-likeness (QED) is 0.797. The maximum Gasteiger partial charge on any atom is 0.235 e. The second-order valence-corrected chi connectivity index (χ2v) is 3.85. The molecule has 1 aromatic heterocycles. The summed E-state index contributed by atoms with van der Waals surface area (Å²) in [4.78, 5) is 0. The van der Waals surface area contributed by atoms with Gasteiger partial charge in [-0.25, -0.2) is 4.68 Å². The average molecular weight is 197 g/mol. The van der Waals surface area contributed by atoms with Crippen LogP contribution in [0.3, 0.4) is 0 Å². The van der Waals surface area contributed by atoms with Crippen molar-refractivity contribution >= 4 is 5.69 Å². The minimum absolute atomic E-state index is 0.495. The SMILES string of the molecule is CCc1nn(C)c(OCC(C)C)c1N. The van der Waals surface area contributed by atoms with Crippen LogP contribution >= 0.6 is 0 Å². The van der Waals surface area contributed by atoms with E-state index in [1.165, 1.54) is 0 Å². The monoisotopic (exact) mass is 197 g/mol. The first kappa shape index (κ1) is 10.9. The van der Waals surface area contributed by atoms with E-state index in [1.807, 2.05) is 14.0 Å². The summed E-state index contributed by atoms with van der Waals surface area (Å²) in [5, 5.41) is 4.27. The molecule has 0 saturated carbocycles. The van der Waals surface area contributed by atoms with Crippen molar-refractivity contribution in [3.8, 4) is 5.88 Å². The number of nitrogen functional groups attached to an aromatic ring is 1. The molecule has 4 heteroatoms. The summed E-state index contributed by atoms with van der Waals surface area (Å²) in [5.41, 5.74) is 7.48. The van der Waals surface area contributed by atoms with Crippen LogP contribution in [0.15, 0.2) is 0 Å². The van der Waals surface area contributed by atoms with E-state index in [0.717, 1.165) is 12.1 Å². The lowest BCUT2D eigenvalue weighted by molar-refractivity contribution is 0.251. The topological polar surface area (TPSA) is 53.1 Å². The molecule has 0 aliphatic rings. The van der Waals surface area contributed by atoms with E-state index in [-0.39, 0.29) is 0 Å². The number of ether oxygens (including phenoxy) is 1. The Balaban J connectivity index is 2.80. The fraction of sp³-hybridized carbons (Fsp3) is 0.700. The lowest BCUT2D eigenvalue weighted by atomic mass is 10.2. The smallest absolute Gasteiger partial charge is 0.235 e. The van der Waals surface area contributed by atoms with Crippen molar-refractivity contribution in [3.05, 3.63) is 5.69 Å². The second-order valence-electron chi connectivity index (χ2n) is 3.85. The number of nitrogens with two attached hydrogens (primary N) is 1. The molecule has 0 aliphatic carbocycles. The van der Waals surface area contributed by atoms with Gasteiger partial charge in [-0.1, -0.05) is 20.8 Å². The largest absolute Gasteiger partial charge is 0.476 e. The first-order chi connectivity index (χ1) is 6.56. The Morgan fingerprint density at radius 2 is 2.14 bits per heavy atom. The highest BCUT2D eigenvalue weighted by molar-refractivity contribution is 5.53. The fourth-order valence-electron chi connectivity index (χ4n) is 1.26. The maximum atomic E-state index is 5.89. The third-order valence-corrected chi connectivity index (χ3v) is 1.99. The first-order valence-corrected chi connectivity index (χ1v) is 5.00. The summed E-state index contributed by atoms with van der Waals surface area (Å²) >= 11 is 0. The molecule has 1 heterocycles. The van der Waals surface area contributed by atoms with Gasteiger partial charge in [0.05, 0.1) is 12.3 Å². The summed E-state index contributed by atoms with van der Waals surface area (Å²) in [6.07, 6.45) is 0.838. The van der Waals surface area contributed by atoms with Crippen molar-refractivity contribution in [2.45, 2.75) is 27.2 Å². The molecule has 0 radical (unpaired) electrons. The molecule has 1 aromatic rings. The van der Waals surface area contributed by atoms with E-state index in [9.17, 15) is 0 Å². The Kier molecular flexibility index (Phi) is 3.38. The fourth-order valence-corrected chi connectivity index (χ4v) is 1.26. The Labute approximate surface area is 85.0 Å². The minimum atomic E-state index is 0.495. The van der Waals surface area contributed by atoms with Gasteiger partial charge < -0.3 is 10.5 Å². The van der Waals surface area contributed by atoms with Gasteiger partial charge in [-0.05, 0) is 12.3 Å².